The highest BCUT2D eigenvalue weighted by atomic mass is 32.2. The maximum Gasteiger partial charge on any atom is 0.243 e. The second kappa shape index (κ2) is 4.32. The number of hydrogen-bond donors (Lipinski definition) is 1. The lowest BCUT2D eigenvalue weighted by Crippen LogP contribution is -2.29. The number of β-amino-alcohol motifs (C(OH)–C–C–N with tert-alkyl or cyclic N) is 1. The standard InChI is InChI=1S/C10H11F2NO3S/c11-9-2-1-8(5-10(9)12)17(15,16)13-4-3-7(14)6-13/h1-2,5,7,14H,3-4,6H2/t7-/m1/s1. The number of halogens is 2. The molecule has 0 aliphatic carbocycles. The summed E-state index contributed by atoms with van der Waals surface area (Å²) in [5.41, 5.74) is 0. The molecule has 0 radical (unpaired) electrons. The van der Waals surface area contributed by atoms with Gasteiger partial charge in [0.15, 0.2) is 11.6 Å². The summed E-state index contributed by atoms with van der Waals surface area (Å²) < 4.78 is 50.7. The SMILES string of the molecule is O=S(=O)(c1ccc(F)c(F)c1)N1CC[C@@H](O)C1. The van der Waals surface area contributed by atoms with Crippen molar-refractivity contribution < 1.29 is 22.3 Å². The van der Waals surface area contributed by atoms with E-state index in [1.807, 2.05) is 0 Å². The average molecular weight is 263 g/mol. The molecule has 1 aliphatic heterocycles. The van der Waals surface area contributed by atoms with E-state index >= 15 is 0 Å². The number of sulfonamides is 1. The monoisotopic (exact) mass is 263 g/mol. The number of hydrogen-bond acceptors (Lipinski definition) is 3. The van der Waals surface area contributed by atoms with Gasteiger partial charge in [0.25, 0.3) is 0 Å². The highest BCUT2D eigenvalue weighted by molar-refractivity contribution is 7.89. The fourth-order valence-corrected chi connectivity index (χ4v) is 3.22. The van der Waals surface area contributed by atoms with E-state index in [0.29, 0.717) is 12.5 Å². The van der Waals surface area contributed by atoms with Crippen LogP contribution in [0.4, 0.5) is 8.78 Å². The van der Waals surface area contributed by atoms with Crippen LogP contribution in [0.2, 0.25) is 0 Å². The van der Waals surface area contributed by atoms with Crippen molar-refractivity contribution in [3.8, 4) is 0 Å². The minimum atomic E-state index is -3.84. The van der Waals surface area contributed by atoms with Gasteiger partial charge < -0.3 is 5.11 Å². The Labute approximate surface area is 97.5 Å². The largest absolute Gasteiger partial charge is 0.392 e. The van der Waals surface area contributed by atoms with Crippen LogP contribution in [0.25, 0.3) is 0 Å². The predicted octanol–water partition coefficient (Wildman–Crippen LogP) is 0.720. The number of aliphatic hydroxyl groups is 1. The van der Waals surface area contributed by atoms with Crippen LogP contribution in [0.15, 0.2) is 23.1 Å². The molecule has 1 fully saturated rings. The Kier molecular flexibility index (Phi) is 3.15. The molecule has 7 heteroatoms. The molecule has 17 heavy (non-hydrogen) atoms. The fraction of sp³-hybridized carbons (Fsp3) is 0.400. The lowest BCUT2D eigenvalue weighted by Gasteiger charge is -2.15. The molecule has 1 saturated heterocycles. The molecule has 4 nitrogen and oxygen atoms in total. The first-order valence-corrected chi connectivity index (χ1v) is 6.48. The third kappa shape index (κ3) is 2.31. The van der Waals surface area contributed by atoms with Crippen LogP contribution in [0.1, 0.15) is 6.42 Å². The summed E-state index contributed by atoms with van der Waals surface area (Å²) in [5, 5.41) is 9.27. The van der Waals surface area contributed by atoms with Gasteiger partial charge in [-0.3, -0.25) is 0 Å². The molecule has 0 amide bonds. The Morgan fingerprint density at radius 1 is 1.29 bits per heavy atom. The van der Waals surface area contributed by atoms with Gasteiger partial charge in [-0.15, -0.1) is 0 Å². The van der Waals surface area contributed by atoms with Crippen LogP contribution >= 0.6 is 0 Å². The maximum absolute atomic E-state index is 13.0. The van der Waals surface area contributed by atoms with Crippen molar-refractivity contribution in [3.63, 3.8) is 0 Å². The molecule has 1 N–H and O–H groups in total. The molecule has 0 unspecified atom stereocenters. The number of nitrogens with zero attached hydrogens (tertiary/aromatic N) is 1. The zero-order chi connectivity index (χ0) is 12.6. The zero-order valence-corrected chi connectivity index (χ0v) is 9.62. The molecule has 1 aromatic carbocycles. The minimum absolute atomic E-state index is 0.0126. The number of rotatable bonds is 2. The molecule has 0 saturated carbocycles. The summed E-state index contributed by atoms with van der Waals surface area (Å²) in [6, 6.07) is 2.43. The van der Waals surface area contributed by atoms with Gasteiger partial charge >= 0.3 is 0 Å². The smallest absolute Gasteiger partial charge is 0.243 e. The third-order valence-electron chi connectivity index (χ3n) is 2.65. The molecule has 0 aromatic heterocycles. The molecule has 1 atom stereocenters. The van der Waals surface area contributed by atoms with Crippen LogP contribution in [-0.4, -0.2) is 37.0 Å². The molecule has 1 aromatic rings. The molecule has 94 valence electrons. The lowest BCUT2D eigenvalue weighted by atomic mass is 10.3. The number of benzene rings is 1. The Balaban J connectivity index is 2.35. The van der Waals surface area contributed by atoms with Gasteiger partial charge in [-0.05, 0) is 24.6 Å². The average Bonchev–Trinajstić information content (AvgIpc) is 2.69. The molecule has 1 aliphatic rings. The van der Waals surface area contributed by atoms with Crippen molar-refractivity contribution in [1.82, 2.24) is 4.31 Å². The Bertz CT molecular complexity index is 532. The predicted molar refractivity (Wildman–Crippen MR) is 55.7 cm³/mol. The molecular formula is C10H11F2NO3S. The van der Waals surface area contributed by atoms with E-state index in [1.165, 1.54) is 0 Å². The maximum atomic E-state index is 13.0. The van der Waals surface area contributed by atoms with Gasteiger partial charge in [0.05, 0.1) is 11.0 Å². The molecule has 2 rings (SSSR count). The van der Waals surface area contributed by atoms with Gasteiger partial charge in [-0.2, -0.15) is 4.31 Å². The van der Waals surface area contributed by atoms with Crippen LogP contribution in [0.3, 0.4) is 0 Å². The van der Waals surface area contributed by atoms with E-state index < -0.39 is 27.8 Å². The quantitative estimate of drug-likeness (QED) is 0.855. The van der Waals surface area contributed by atoms with Crippen LogP contribution in [0.5, 0.6) is 0 Å². The van der Waals surface area contributed by atoms with E-state index in [9.17, 15) is 22.3 Å². The highest BCUT2D eigenvalue weighted by Crippen LogP contribution is 2.22. The van der Waals surface area contributed by atoms with Crippen molar-refractivity contribution in [2.75, 3.05) is 13.1 Å². The Morgan fingerprint density at radius 3 is 2.53 bits per heavy atom. The van der Waals surface area contributed by atoms with E-state index in [1.54, 1.807) is 0 Å². The van der Waals surface area contributed by atoms with E-state index in [0.717, 1.165) is 16.4 Å². The Morgan fingerprint density at radius 2 is 2.00 bits per heavy atom. The van der Waals surface area contributed by atoms with Crippen molar-refractivity contribution >= 4 is 10.0 Å². The van der Waals surface area contributed by atoms with E-state index in [2.05, 4.69) is 0 Å². The van der Waals surface area contributed by atoms with Crippen LogP contribution in [-0.2, 0) is 10.0 Å². The van der Waals surface area contributed by atoms with Crippen molar-refractivity contribution in [3.05, 3.63) is 29.8 Å². The summed E-state index contributed by atoms with van der Waals surface area (Å²) in [7, 11) is -3.84. The molecule has 0 bridgehead atoms. The first-order valence-electron chi connectivity index (χ1n) is 5.04. The van der Waals surface area contributed by atoms with Gasteiger partial charge in [0, 0.05) is 13.1 Å². The summed E-state index contributed by atoms with van der Waals surface area (Å²) >= 11 is 0. The van der Waals surface area contributed by atoms with Crippen molar-refractivity contribution in [2.24, 2.45) is 0 Å². The topological polar surface area (TPSA) is 57.6 Å². The second-order valence-corrected chi connectivity index (χ2v) is 5.82. The number of aliphatic hydroxyl groups excluding tert-OH is 1. The Hall–Kier alpha value is -1.05. The van der Waals surface area contributed by atoms with Crippen molar-refractivity contribution in [1.29, 1.82) is 0 Å². The fourth-order valence-electron chi connectivity index (χ4n) is 1.72. The first kappa shape index (κ1) is 12.4. The van der Waals surface area contributed by atoms with Crippen LogP contribution in [0, 0.1) is 11.6 Å². The summed E-state index contributed by atoms with van der Waals surface area (Å²) in [5.74, 6) is -2.30. The third-order valence-corrected chi connectivity index (χ3v) is 4.52. The van der Waals surface area contributed by atoms with Crippen LogP contribution < -0.4 is 0 Å². The summed E-state index contributed by atoms with van der Waals surface area (Å²) in [6.07, 6.45) is -0.349. The normalized spacial score (nSPS) is 21.9. The molecule has 1 heterocycles. The lowest BCUT2D eigenvalue weighted by molar-refractivity contribution is 0.189. The first-order chi connectivity index (χ1) is 7.91. The van der Waals surface area contributed by atoms with Gasteiger partial charge in [0.1, 0.15) is 0 Å². The second-order valence-electron chi connectivity index (χ2n) is 3.88. The highest BCUT2D eigenvalue weighted by Gasteiger charge is 2.31. The van der Waals surface area contributed by atoms with Gasteiger partial charge in [0.2, 0.25) is 10.0 Å². The van der Waals surface area contributed by atoms with E-state index in [-0.39, 0.29) is 18.0 Å². The molecular weight excluding hydrogens is 252 g/mol. The van der Waals surface area contributed by atoms with Gasteiger partial charge in [-0.1, -0.05) is 0 Å². The van der Waals surface area contributed by atoms with E-state index in [4.69, 9.17) is 0 Å². The molecule has 0 spiro atoms. The van der Waals surface area contributed by atoms with Gasteiger partial charge in [-0.25, -0.2) is 17.2 Å². The minimum Gasteiger partial charge on any atom is -0.392 e. The summed E-state index contributed by atoms with van der Waals surface area (Å²) in [6.45, 7) is 0.170. The van der Waals surface area contributed by atoms with Crippen molar-refractivity contribution in [2.45, 2.75) is 17.4 Å². The summed E-state index contributed by atoms with van der Waals surface area (Å²) in [4.78, 5) is -0.300. The zero-order valence-electron chi connectivity index (χ0n) is 8.81.